The molecule has 2 aromatic carbocycles. The molecule has 0 radical (unpaired) electrons. The SMILES string of the molecule is Cc1ccc(C(CCC(=O)N2CCC(N)CC2)c2ccc(C)cc2)cc1. The van der Waals surface area contributed by atoms with Crippen molar-refractivity contribution in [3.05, 3.63) is 70.8 Å². The van der Waals surface area contributed by atoms with Gasteiger partial charge in [0.05, 0.1) is 0 Å². The molecule has 0 unspecified atom stereocenters. The van der Waals surface area contributed by atoms with Gasteiger partial charge in [-0.1, -0.05) is 59.7 Å². The zero-order valence-electron chi connectivity index (χ0n) is 15.9. The minimum atomic E-state index is 0.256. The molecule has 0 spiro atoms. The van der Waals surface area contributed by atoms with Gasteiger partial charge in [0.15, 0.2) is 0 Å². The first kappa shape index (κ1) is 18.7. The molecule has 2 N–H and O–H groups in total. The van der Waals surface area contributed by atoms with E-state index in [2.05, 4.69) is 62.4 Å². The maximum Gasteiger partial charge on any atom is 0.222 e. The van der Waals surface area contributed by atoms with E-state index in [9.17, 15) is 4.79 Å². The van der Waals surface area contributed by atoms with Crippen LogP contribution in [-0.2, 0) is 4.79 Å². The number of aryl methyl sites for hydroxylation is 2. The Morgan fingerprint density at radius 1 is 0.962 bits per heavy atom. The number of nitrogens with two attached hydrogens (primary N) is 1. The van der Waals surface area contributed by atoms with Gasteiger partial charge in [0.2, 0.25) is 5.91 Å². The van der Waals surface area contributed by atoms with Crippen molar-refractivity contribution in [2.24, 2.45) is 5.73 Å². The summed E-state index contributed by atoms with van der Waals surface area (Å²) < 4.78 is 0. The molecule has 3 heteroatoms. The van der Waals surface area contributed by atoms with Gasteiger partial charge in [-0.2, -0.15) is 0 Å². The number of rotatable bonds is 5. The summed E-state index contributed by atoms with van der Waals surface area (Å²) in [5.41, 5.74) is 11.1. The van der Waals surface area contributed by atoms with Crippen molar-refractivity contribution in [3.8, 4) is 0 Å². The van der Waals surface area contributed by atoms with E-state index < -0.39 is 0 Å². The average molecular weight is 351 g/mol. The first-order valence-electron chi connectivity index (χ1n) is 9.69. The average Bonchev–Trinajstić information content (AvgIpc) is 2.65. The molecule has 0 bridgehead atoms. The summed E-state index contributed by atoms with van der Waals surface area (Å²) >= 11 is 0. The Morgan fingerprint density at radius 3 is 1.88 bits per heavy atom. The first-order chi connectivity index (χ1) is 12.5. The van der Waals surface area contributed by atoms with Gasteiger partial charge in [-0.05, 0) is 44.2 Å². The lowest BCUT2D eigenvalue weighted by molar-refractivity contribution is -0.132. The van der Waals surface area contributed by atoms with Crippen molar-refractivity contribution in [1.29, 1.82) is 0 Å². The number of amides is 1. The number of likely N-dealkylation sites (tertiary alicyclic amines) is 1. The number of benzene rings is 2. The molecule has 1 heterocycles. The first-order valence-corrected chi connectivity index (χ1v) is 9.69. The second-order valence-electron chi connectivity index (χ2n) is 7.63. The Morgan fingerprint density at radius 2 is 1.42 bits per heavy atom. The predicted molar refractivity (Wildman–Crippen MR) is 107 cm³/mol. The van der Waals surface area contributed by atoms with Crippen LogP contribution in [0.25, 0.3) is 0 Å². The zero-order valence-corrected chi connectivity index (χ0v) is 15.9. The van der Waals surface area contributed by atoms with Crippen molar-refractivity contribution < 1.29 is 4.79 Å². The van der Waals surface area contributed by atoms with E-state index in [1.165, 1.54) is 22.3 Å². The highest BCUT2D eigenvalue weighted by atomic mass is 16.2. The third-order valence-electron chi connectivity index (χ3n) is 5.50. The Bertz CT molecular complexity index is 667. The molecule has 0 aromatic heterocycles. The van der Waals surface area contributed by atoms with E-state index in [0.717, 1.165) is 32.4 Å². The predicted octanol–water partition coefficient (Wildman–Crippen LogP) is 4.17. The zero-order chi connectivity index (χ0) is 18.5. The lowest BCUT2D eigenvalue weighted by Gasteiger charge is -2.30. The number of piperidine rings is 1. The van der Waals surface area contributed by atoms with Crippen molar-refractivity contribution >= 4 is 5.91 Å². The van der Waals surface area contributed by atoms with Crippen LogP contribution >= 0.6 is 0 Å². The fraction of sp³-hybridized carbons (Fsp3) is 0.435. The quantitative estimate of drug-likeness (QED) is 0.880. The molecule has 1 fully saturated rings. The monoisotopic (exact) mass is 350 g/mol. The Hall–Kier alpha value is -2.13. The minimum absolute atomic E-state index is 0.256. The standard InChI is InChI=1S/C23H30N2O/c1-17-3-7-19(8-4-17)22(20-9-5-18(2)6-10-20)11-12-23(26)25-15-13-21(24)14-16-25/h3-10,21-22H,11-16,24H2,1-2H3. The van der Waals surface area contributed by atoms with Gasteiger partial charge < -0.3 is 10.6 Å². The number of nitrogens with zero attached hydrogens (tertiary/aromatic N) is 1. The van der Waals surface area contributed by atoms with Crippen LogP contribution in [0.5, 0.6) is 0 Å². The smallest absolute Gasteiger partial charge is 0.222 e. The van der Waals surface area contributed by atoms with E-state index in [4.69, 9.17) is 5.73 Å². The van der Waals surface area contributed by atoms with Crippen LogP contribution in [0.3, 0.4) is 0 Å². The molecular formula is C23H30N2O. The van der Waals surface area contributed by atoms with Gasteiger partial charge in [0.25, 0.3) is 0 Å². The fourth-order valence-corrected chi connectivity index (χ4v) is 3.70. The molecule has 0 aliphatic carbocycles. The third-order valence-corrected chi connectivity index (χ3v) is 5.50. The molecule has 3 nitrogen and oxygen atoms in total. The van der Waals surface area contributed by atoms with Gasteiger partial charge in [-0.15, -0.1) is 0 Å². The third kappa shape index (κ3) is 4.73. The van der Waals surface area contributed by atoms with E-state index in [1.807, 2.05) is 4.90 Å². The molecule has 138 valence electrons. The molecule has 3 rings (SSSR count). The molecular weight excluding hydrogens is 320 g/mol. The molecule has 0 saturated carbocycles. The number of hydrogen-bond donors (Lipinski definition) is 1. The van der Waals surface area contributed by atoms with Gasteiger partial charge in [0.1, 0.15) is 0 Å². The van der Waals surface area contributed by atoms with Crippen LogP contribution in [0.1, 0.15) is 53.9 Å². The van der Waals surface area contributed by atoms with Gasteiger partial charge >= 0.3 is 0 Å². The Kier molecular flexibility index (Phi) is 6.10. The summed E-state index contributed by atoms with van der Waals surface area (Å²) in [5.74, 6) is 0.522. The molecule has 1 aliphatic heterocycles. The number of hydrogen-bond acceptors (Lipinski definition) is 2. The largest absolute Gasteiger partial charge is 0.343 e. The fourth-order valence-electron chi connectivity index (χ4n) is 3.70. The number of carbonyl (C=O) groups excluding carboxylic acids is 1. The van der Waals surface area contributed by atoms with Crippen molar-refractivity contribution in [2.75, 3.05) is 13.1 Å². The van der Waals surface area contributed by atoms with Crippen LogP contribution in [0, 0.1) is 13.8 Å². The van der Waals surface area contributed by atoms with E-state index in [0.29, 0.717) is 6.42 Å². The topological polar surface area (TPSA) is 46.3 Å². The van der Waals surface area contributed by atoms with Crippen LogP contribution < -0.4 is 5.73 Å². The summed E-state index contributed by atoms with van der Waals surface area (Å²) in [6.07, 6.45) is 3.27. The summed E-state index contributed by atoms with van der Waals surface area (Å²) in [4.78, 5) is 14.7. The lowest BCUT2D eigenvalue weighted by atomic mass is 9.86. The molecule has 26 heavy (non-hydrogen) atoms. The highest BCUT2D eigenvalue weighted by molar-refractivity contribution is 5.76. The van der Waals surface area contributed by atoms with Crippen molar-refractivity contribution in [3.63, 3.8) is 0 Å². The molecule has 0 atom stereocenters. The van der Waals surface area contributed by atoms with Gasteiger partial charge in [-0.3, -0.25) is 4.79 Å². The Balaban J connectivity index is 1.72. The van der Waals surface area contributed by atoms with Gasteiger partial charge in [0, 0.05) is 31.5 Å². The van der Waals surface area contributed by atoms with Crippen LogP contribution in [-0.4, -0.2) is 29.9 Å². The maximum absolute atomic E-state index is 12.7. The second kappa shape index (κ2) is 8.50. The summed E-state index contributed by atoms with van der Waals surface area (Å²) in [7, 11) is 0. The maximum atomic E-state index is 12.7. The highest BCUT2D eigenvalue weighted by Gasteiger charge is 2.22. The normalized spacial score (nSPS) is 15.5. The molecule has 1 amide bonds. The van der Waals surface area contributed by atoms with Gasteiger partial charge in [-0.25, -0.2) is 0 Å². The Labute approximate surface area is 157 Å². The molecule has 2 aromatic rings. The lowest BCUT2D eigenvalue weighted by Crippen LogP contribution is -2.42. The van der Waals surface area contributed by atoms with Crippen LogP contribution in [0.15, 0.2) is 48.5 Å². The second-order valence-corrected chi connectivity index (χ2v) is 7.63. The van der Waals surface area contributed by atoms with Crippen molar-refractivity contribution in [2.45, 2.75) is 51.5 Å². The molecule has 1 saturated heterocycles. The molecule has 1 aliphatic rings. The summed E-state index contributed by atoms with van der Waals surface area (Å²) in [5, 5.41) is 0. The minimum Gasteiger partial charge on any atom is -0.343 e. The number of carbonyl (C=O) groups is 1. The summed E-state index contributed by atoms with van der Waals surface area (Å²) in [6, 6.07) is 17.7. The van der Waals surface area contributed by atoms with E-state index in [1.54, 1.807) is 0 Å². The van der Waals surface area contributed by atoms with E-state index in [-0.39, 0.29) is 17.9 Å². The summed E-state index contributed by atoms with van der Waals surface area (Å²) in [6.45, 7) is 5.82. The van der Waals surface area contributed by atoms with Crippen molar-refractivity contribution in [1.82, 2.24) is 4.90 Å². The van der Waals surface area contributed by atoms with E-state index >= 15 is 0 Å². The van der Waals surface area contributed by atoms with Crippen LogP contribution in [0.4, 0.5) is 0 Å². The highest BCUT2D eigenvalue weighted by Crippen LogP contribution is 2.30. The van der Waals surface area contributed by atoms with Crippen LogP contribution in [0.2, 0.25) is 0 Å².